The number of hydrogen-bond donors (Lipinski definition) is 2. The first-order chi connectivity index (χ1) is 15.0. The Balaban J connectivity index is 1.81. The first-order valence-electron chi connectivity index (χ1n) is 10.1. The van der Waals surface area contributed by atoms with E-state index in [1.54, 1.807) is 6.21 Å². The van der Waals surface area contributed by atoms with Gasteiger partial charge >= 0.3 is 5.97 Å². The number of thioether (sulfide) groups is 1. The van der Waals surface area contributed by atoms with Gasteiger partial charge in [-0.05, 0) is 36.6 Å². The van der Waals surface area contributed by atoms with E-state index < -0.39 is 11.2 Å². The molecule has 1 heterocycles. The number of unbranched alkanes of at least 4 members (excludes halogenated alkanes) is 1. The van der Waals surface area contributed by atoms with Gasteiger partial charge in [0.25, 0.3) is 0 Å². The molecule has 1 amide bonds. The summed E-state index contributed by atoms with van der Waals surface area (Å²) < 4.78 is 5.91. The molecular formula is C23H25N3O4S. The molecule has 1 saturated heterocycles. The summed E-state index contributed by atoms with van der Waals surface area (Å²) in [4.78, 5) is 22.7. The summed E-state index contributed by atoms with van der Waals surface area (Å²) in [6.07, 6.45) is 3.32. The Morgan fingerprint density at radius 2 is 1.97 bits per heavy atom. The van der Waals surface area contributed by atoms with E-state index in [4.69, 9.17) is 9.84 Å². The number of carbonyl (C=O) groups excluding carboxylic acids is 1. The third-order valence-corrected chi connectivity index (χ3v) is 5.70. The summed E-state index contributed by atoms with van der Waals surface area (Å²) in [7, 11) is 0. The van der Waals surface area contributed by atoms with E-state index in [1.807, 2.05) is 25.1 Å². The van der Waals surface area contributed by atoms with Crippen molar-refractivity contribution in [2.75, 3.05) is 6.61 Å². The summed E-state index contributed by atoms with van der Waals surface area (Å²) >= 11 is 1.07. The van der Waals surface area contributed by atoms with E-state index >= 15 is 0 Å². The molecule has 0 saturated carbocycles. The number of carbonyl (C=O) groups is 2. The van der Waals surface area contributed by atoms with Gasteiger partial charge in [-0.15, -0.1) is 5.10 Å². The van der Waals surface area contributed by atoms with Crippen LogP contribution < -0.4 is 10.1 Å². The Hall–Kier alpha value is -3.13. The van der Waals surface area contributed by atoms with Crippen LogP contribution >= 0.6 is 11.8 Å². The smallest absolute Gasteiger partial charge is 0.305 e. The molecule has 7 nitrogen and oxygen atoms in total. The zero-order valence-corrected chi connectivity index (χ0v) is 18.3. The molecule has 162 valence electrons. The maximum Gasteiger partial charge on any atom is 0.305 e. The topological polar surface area (TPSA) is 100 Å². The second-order valence-corrected chi connectivity index (χ2v) is 8.36. The van der Waals surface area contributed by atoms with E-state index in [0.717, 1.165) is 41.3 Å². The highest BCUT2D eigenvalue weighted by Crippen LogP contribution is 2.27. The maximum atomic E-state index is 11.8. The number of carboxylic acid groups (broad SMARTS) is 1. The summed E-state index contributed by atoms with van der Waals surface area (Å²) in [6, 6.07) is 14.2. The second kappa shape index (κ2) is 10.8. The van der Waals surface area contributed by atoms with E-state index in [0.29, 0.717) is 12.4 Å². The summed E-state index contributed by atoms with van der Waals surface area (Å²) in [5.41, 5.74) is 4.08. The van der Waals surface area contributed by atoms with Gasteiger partial charge in [0.05, 0.1) is 19.2 Å². The lowest BCUT2D eigenvalue weighted by molar-refractivity contribution is -0.138. The van der Waals surface area contributed by atoms with Crippen molar-refractivity contribution in [2.45, 2.75) is 38.4 Å². The summed E-state index contributed by atoms with van der Waals surface area (Å²) in [5.74, 6) is -0.689. The Bertz CT molecular complexity index is 1000. The molecule has 2 aromatic rings. The van der Waals surface area contributed by atoms with Gasteiger partial charge in [-0.1, -0.05) is 61.0 Å². The van der Waals surface area contributed by atoms with Crippen LogP contribution in [0.4, 0.5) is 0 Å². The number of amides is 1. The fourth-order valence-corrected chi connectivity index (χ4v) is 3.84. The number of benzene rings is 2. The molecule has 2 aromatic carbocycles. The molecule has 0 radical (unpaired) electrons. The van der Waals surface area contributed by atoms with Gasteiger partial charge in [0.1, 0.15) is 11.0 Å². The zero-order valence-electron chi connectivity index (χ0n) is 17.5. The molecule has 8 heteroatoms. The van der Waals surface area contributed by atoms with Crippen molar-refractivity contribution in [1.29, 1.82) is 0 Å². The van der Waals surface area contributed by atoms with Gasteiger partial charge in [0.2, 0.25) is 5.91 Å². The quantitative estimate of drug-likeness (QED) is 0.346. The predicted octanol–water partition coefficient (Wildman–Crippen LogP) is 4.24. The van der Waals surface area contributed by atoms with Crippen molar-refractivity contribution in [3.8, 4) is 16.9 Å². The molecule has 1 aliphatic rings. The lowest BCUT2D eigenvalue weighted by atomic mass is 10.0. The number of aryl methyl sites for hydroxylation is 1. The molecule has 2 N–H and O–H groups in total. The van der Waals surface area contributed by atoms with Crippen LogP contribution in [0.25, 0.3) is 11.1 Å². The van der Waals surface area contributed by atoms with Crippen LogP contribution in [0.1, 0.15) is 37.3 Å². The largest absolute Gasteiger partial charge is 0.493 e. The first-order valence-corrected chi connectivity index (χ1v) is 11.0. The number of rotatable bonds is 9. The lowest BCUT2D eigenvalue weighted by Crippen LogP contribution is -2.26. The average Bonchev–Trinajstić information content (AvgIpc) is 3.08. The molecular weight excluding hydrogens is 414 g/mol. The van der Waals surface area contributed by atoms with Gasteiger partial charge in [0.15, 0.2) is 5.17 Å². The summed E-state index contributed by atoms with van der Waals surface area (Å²) in [5, 5.41) is 19.2. The standard InChI is InChI=1S/C23H25N3O4S/c1-3-4-11-30-19-10-9-17(16-7-5-15(2)6-8-16)12-18(19)14-24-26-23-25-22(29)20(31-23)13-21(27)28/h5-10,12,14,20H,3-4,11,13H2,1-2H3,(H,27,28)(H,25,26,29). The maximum absolute atomic E-state index is 11.8. The number of hydrogen-bond acceptors (Lipinski definition) is 6. The minimum Gasteiger partial charge on any atom is -0.493 e. The third kappa shape index (κ3) is 6.42. The molecule has 31 heavy (non-hydrogen) atoms. The minimum absolute atomic E-state index is 0.257. The molecule has 0 spiro atoms. The normalized spacial score (nSPS) is 17.3. The van der Waals surface area contributed by atoms with Crippen molar-refractivity contribution >= 4 is 35.0 Å². The predicted molar refractivity (Wildman–Crippen MR) is 124 cm³/mol. The molecule has 1 aliphatic heterocycles. The molecule has 0 aromatic heterocycles. The Morgan fingerprint density at radius 1 is 1.23 bits per heavy atom. The van der Waals surface area contributed by atoms with Crippen LogP contribution in [-0.2, 0) is 9.59 Å². The number of carboxylic acids is 1. The van der Waals surface area contributed by atoms with E-state index in [2.05, 4.69) is 46.7 Å². The van der Waals surface area contributed by atoms with Crippen molar-refractivity contribution < 1.29 is 19.4 Å². The van der Waals surface area contributed by atoms with Gasteiger partial charge in [-0.2, -0.15) is 5.10 Å². The van der Waals surface area contributed by atoms with E-state index in [-0.39, 0.29) is 17.5 Å². The Morgan fingerprint density at radius 3 is 2.68 bits per heavy atom. The number of ether oxygens (including phenoxy) is 1. The fraction of sp³-hybridized carbons (Fsp3) is 0.304. The van der Waals surface area contributed by atoms with Gasteiger partial charge in [-0.25, -0.2) is 0 Å². The molecule has 0 bridgehead atoms. The van der Waals surface area contributed by atoms with Crippen LogP contribution in [0.3, 0.4) is 0 Å². The number of amidine groups is 1. The van der Waals surface area contributed by atoms with Crippen molar-refractivity contribution in [3.05, 3.63) is 53.6 Å². The Labute approximate surface area is 185 Å². The second-order valence-electron chi connectivity index (χ2n) is 7.16. The first kappa shape index (κ1) is 22.6. The molecule has 3 rings (SSSR count). The molecule has 1 atom stereocenters. The van der Waals surface area contributed by atoms with Crippen LogP contribution in [0.15, 0.2) is 52.7 Å². The van der Waals surface area contributed by atoms with E-state index in [1.165, 1.54) is 5.56 Å². The highest BCUT2D eigenvalue weighted by atomic mass is 32.2. The number of nitrogens with zero attached hydrogens (tertiary/aromatic N) is 2. The van der Waals surface area contributed by atoms with Gasteiger partial charge in [0, 0.05) is 5.56 Å². The van der Waals surface area contributed by atoms with Gasteiger partial charge < -0.3 is 15.2 Å². The zero-order chi connectivity index (χ0) is 22.2. The SMILES string of the molecule is CCCCOc1ccc(-c2ccc(C)cc2)cc1C=NN=C1NC(=O)C(CC(=O)O)S1. The van der Waals surface area contributed by atoms with Crippen LogP contribution in [-0.4, -0.2) is 40.2 Å². The average molecular weight is 440 g/mol. The minimum atomic E-state index is -1.03. The van der Waals surface area contributed by atoms with Crippen LogP contribution in [0.2, 0.25) is 0 Å². The fourth-order valence-electron chi connectivity index (χ4n) is 2.92. The monoisotopic (exact) mass is 439 g/mol. The molecule has 0 aliphatic carbocycles. The van der Waals surface area contributed by atoms with Crippen molar-refractivity contribution in [3.63, 3.8) is 0 Å². The molecule has 1 fully saturated rings. The highest BCUT2D eigenvalue weighted by Gasteiger charge is 2.32. The number of nitrogens with one attached hydrogen (secondary N) is 1. The van der Waals surface area contributed by atoms with Crippen LogP contribution in [0.5, 0.6) is 5.75 Å². The summed E-state index contributed by atoms with van der Waals surface area (Å²) in [6.45, 7) is 4.76. The van der Waals surface area contributed by atoms with Crippen LogP contribution in [0, 0.1) is 6.92 Å². The van der Waals surface area contributed by atoms with Crippen molar-refractivity contribution in [1.82, 2.24) is 5.32 Å². The van der Waals surface area contributed by atoms with E-state index in [9.17, 15) is 9.59 Å². The Kier molecular flexibility index (Phi) is 7.83. The van der Waals surface area contributed by atoms with Gasteiger partial charge in [-0.3, -0.25) is 9.59 Å². The third-order valence-electron chi connectivity index (χ3n) is 4.63. The highest BCUT2D eigenvalue weighted by molar-refractivity contribution is 8.15. The van der Waals surface area contributed by atoms with Crippen molar-refractivity contribution in [2.24, 2.45) is 10.2 Å². The molecule has 1 unspecified atom stereocenters. The number of aliphatic carboxylic acids is 1. The lowest BCUT2D eigenvalue weighted by Gasteiger charge is -2.11.